The van der Waals surface area contributed by atoms with Crippen molar-refractivity contribution in [3.05, 3.63) is 81.4 Å². The van der Waals surface area contributed by atoms with Gasteiger partial charge in [0.15, 0.2) is 17.9 Å². The number of alkyl carbamates (subject to hydrolysis) is 1. The van der Waals surface area contributed by atoms with E-state index < -0.39 is 119 Å². The minimum atomic E-state index is -2.41. The Kier molecular flexibility index (Phi) is 16.0. The molecule has 1 saturated heterocycles. The molecule has 67 heavy (non-hydrogen) atoms. The maximum Gasteiger partial charge on any atom is 0.407 e. The highest BCUT2D eigenvalue weighted by atomic mass is 16.7. The van der Waals surface area contributed by atoms with E-state index in [-0.39, 0.29) is 86.2 Å². The summed E-state index contributed by atoms with van der Waals surface area (Å²) in [7, 11) is 1.30. The van der Waals surface area contributed by atoms with Crippen molar-refractivity contribution >= 4 is 35.3 Å². The van der Waals surface area contributed by atoms with Crippen LogP contribution in [0.3, 0.4) is 0 Å². The van der Waals surface area contributed by atoms with Gasteiger partial charge in [-0.25, -0.2) is 9.59 Å². The molecule has 6 atom stereocenters. The Bertz CT molecular complexity index is 2360. The number of hydrogen-bond donors (Lipinski definition) is 8. The zero-order valence-electron chi connectivity index (χ0n) is 37.3. The number of rotatable bonds is 19. The Balaban J connectivity index is 1.09. The summed E-state index contributed by atoms with van der Waals surface area (Å²) in [6.45, 7) is 4.06. The minimum absolute atomic E-state index is 0.0196. The second-order valence-electron chi connectivity index (χ2n) is 16.8. The van der Waals surface area contributed by atoms with Gasteiger partial charge in [-0.1, -0.05) is 24.3 Å². The first-order valence-electron chi connectivity index (χ1n) is 21.5. The molecule has 1 aliphatic heterocycles. The number of aliphatic hydroxyl groups is 3. The Labute approximate surface area is 384 Å². The summed E-state index contributed by atoms with van der Waals surface area (Å²) in [5.74, 6) is -5.16. The van der Waals surface area contributed by atoms with E-state index in [9.17, 15) is 49.2 Å². The van der Waals surface area contributed by atoms with Crippen LogP contribution < -0.4 is 25.8 Å². The SMILES string of the molecule is COc1cccc2c1C(=O)c1c(O)c3c(c(O)c1C2=O)C[C@@](O)(C(=O)CNC(=O)OCc1ccc(OC(=O)C(C)(C)NC(=O)CCOCCOCCO)cc1)C[C@@H]3OC1CC(N)C(O)C(C)O1. The Morgan fingerprint density at radius 1 is 0.940 bits per heavy atom. The first kappa shape index (κ1) is 50.4. The lowest BCUT2D eigenvalue weighted by Crippen LogP contribution is -2.53. The molecule has 3 aromatic rings. The van der Waals surface area contributed by atoms with Crippen LogP contribution in [-0.4, -0.2) is 143 Å². The molecule has 21 nitrogen and oxygen atoms in total. The van der Waals surface area contributed by atoms with E-state index in [4.69, 9.17) is 44.0 Å². The number of ether oxygens (including phenoxy) is 7. The lowest BCUT2D eigenvalue weighted by Gasteiger charge is -2.42. The highest BCUT2D eigenvalue weighted by Gasteiger charge is 2.50. The van der Waals surface area contributed by atoms with Crippen LogP contribution in [0.25, 0.3) is 0 Å². The molecule has 0 saturated carbocycles. The average molecular weight is 938 g/mol. The number of fused-ring (bicyclic) bond motifs is 3. The van der Waals surface area contributed by atoms with Gasteiger partial charge in [0.2, 0.25) is 11.7 Å². The van der Waals surface area contributed by atoms with E-state index in [0.29, 0.717) is 5.56 Å². The van der Waals surface area contributed by atoms with Crippen LogP contribution in [0.15, 0.2) is 42.5 Å². The fraction of sp³-hybridized carbons (Fsp3) is 0.478. The second kappa shape index (κ2) is 21.3. The molecule has 1 heterocycles. The standard InChI is InChI=1S/C46H55N3O18/c1-23-38(53)28(47)18-33(65-23)67-30-20-46(60,19-27-35(30)42(57)37-36(40(27)55)39(54)26-6-5-7-29(61-4)34(26)41(37)56)31(51)21-48-44(59)64-22-24-8-10-25(11-9-24)66-43(58)45(2,3)49-32(52)12-14-62-16-17-63-15-13-50/h5-11,23,28,30,33,38,50,53,55,57,60H,12-22,47H2,1-4H3,(H,48,59)(H,49,52)/t23?,28?,30-,33?,38?,46-/m0/s1. The Morgan fingerprint density at radius 2 is 1.63 bits per heavy atom. The summed E-state index contributed by atoms with van der Waals surface area (Å²) >= 11 is 0. The van der Waals surface area contributed by atoms with Crippen LogP contribution in [0.1, 0.15) is 94.7 Å². The summed E-state index contributed by atoms with van der Waals surface area (Å²) in [5, 5.41) is 59.6. The smallest absolute Gasteiger partial charge is 0.407 e. The summed E-state index contributed by atoms with van der Waals surface area (Å²) < 4.78 is 38.4. The molecule has 0 aromatic heterocycles. The summed E-state index contributed by atoms with van der Waals surface area (Å²) in [6.07, 6.45) is -6.93. The van der Waals surface area contributed by atoms with Crippen LogP contribution in [-0.2, 0) is 51.1 Å². The zero-order valence-corrected chi connectivity index (χ0v) is 37.3. The number of nitrogens with two attached hydrogens (primary N) is 1. The van der Waals surface area contributed by atoms with E-state index >= 15 is 0 Å². The number of aliphatic hydroxyl groups excluding tert-OH is 2. The molecule has 1 fully saturated rings. The maximum atomic E-state index is 14.0. The number of amides is 2. The lowest BCUT2D eigenvalue weighted by atomic mass is 9.71. The Hall–Kier alpha value is -6.04. The summed E-state index contributed by atoms with van der Waals surface area (Å²) in [5.41, 5.74) is 0.978. The predicted molar refractivity (Wildman–Crippen MR) is 230 cm³/mol. The molecule has 2 amide bonds. The molecule has 0 radical (unpaired) electrons. The average Bonchev–Trinajstić information content (AvgIpc) is 3.29. The van der Waals surface area contributed by atoms with Crippen molar-refractivity contribution < 1.29 is 87.5 Å². The zero-order chi connectivity index (χ0) is 48.8. The first-order valence-corrected chi connectivity index (χ1v) is 21.5. The molecular weight excluding hydrogens is 883 g/mol. The number of Topliss-reactive ketones (excluding diaryl/α,β-unsaturated/α-hetero) is 1. The van der Waals surface area contributed by atoms with E-state index in [1.807, 2.05) is 0 Å². The summed E-state index contributed by atoms with van der Waals surface area (Å²) in [6, 6.07) is 9.37. The number of phenolic OH excluding ortho intramolecular Hbond substituents is 2. The van der Waals surface area contributed by atoms with Gasteiger partial charge < -0.3 is 75.1 Å². The van der Waals surface area contributed by atoms with Gasteiger partial charge in [-0.15, -0.1) is 0 Å². The number of esters is 1. The number of methoxy groups -OCH3 is 1. The fourth-order valence-corrected chi connectivity index (χ4v) is 8.02. The molecule has 0 spiro atoms. The van der Waals surface area contributed by atoms with Crippen LogP contribution in [0.4, 0.5) is 4.79 Å². The van der Waals surface area contributed by atoms with Gasteiger partial charge in [0, 0.05) is 48.4 Å². The molecule has 21 heteroatoms. The predicted octanol–water partition coefficient (Wildman–Crippen LogP) is 1.15. The quantitative estimate of drug-likeness (QED) is 0.0283. The Morgan fingerprint density at radius 3 is 2.30 bits per heavy atom. The van der Waals surface area contributed by atoms with E-state index in [0.717, 1.165) is 0 Å². The van der Waals surface area contributed by atoms with Gasteiger partial charge in [-0.05, 0) is 44.5 Å². The van der Waals surface area contributed by atoms with Crippen LogP contribution >= 0.6 is 0 Å². The normalized spacial score (nSPS) is 22.2. The maximum absolute atomic E-state index is 14.0. The molecule has 3 aromatic carbocycles. The van der Waals surface area contributed by atoms with E-state index in [2.05, 4.69) is 10.6 Å². The van der Waals surface area contributed by atoms with Gasteiger partial charge in [0.25, 0.3) is 0 Å². The number of nitrogens with one attached hydrogen (secondary N) is 2. The molecule has 2 aliphatic carbocycles. The van der Waals surface area contributed by atoms with Crippen molar-refractivity contribution in [2.24, 2.45) is 5.73 Å². The molecule has 362 valence electrons. The fourth-order valence-electron chi connectivity index (χ4n) is 8.02. The number of carbonyl (C=O) groups excluding carboxylic acids is 6. The third-order valence-corrected chi connectivity index (χ3v) is 11.6. The number of ketones is 3. The van der Waals surface area contributed by atoms with Crippen molar-refractivity contribution in [2.75, 3.05) is 46.7 Å². The molecule has 3 aliphatic rings. The molecule has 6 rings (SSSR count). The van der Waals surface area contributed by atoms with Crippen molar-refractivity contribution in [1.82, 2.24) is 10.6 Å². The van der Waals surface area contributed by atoms with Gasteiger partial charge in [-0.2, -0.15) is 0 Å². The highest BCUT2D eigenvalue weighted by Crippen LogP contribution is 2.52. The van der Waals surface area contributed by atoms with Crippen LogP contribution in [0, 0.1) is 0 Å². The first-order chi connectivity index (χ1) is 31.8. The van der Waals surface area contributed by atoms with E-state index in [1.54, 1.807) is 6.92 Å². The number of carbonyl (C=O) groups is 6. The van der Waals surface area contributed by atoms with E-state index in [1.165, 1.54) is 63.4 Å². The number of benzene rings is 3. The molecular formula is C46H55N3O18. The molecule has 4 unspecified atom stereocenters. The number of phenols is 2. The number of hydrogen-bond acceptors (Lipinski definition) is 19. The van der Waals surface area contributed by atoms with Gasteiger partial charge in [0.05, 0.1) is 81.7 Å². The van der Waals surface area contributed by atoms with Gasteiger partial charge in [0.1, 0.15) is 40.7 Å². The van der Waals surface area contributed by atoms with Crippen molar-refractivity contribution in [3.63, 3.8) is 0 Å². The third kappa shape index (κ3) is 11.2. The van der Waals surface area contributed by atoms with Gasteiger partial charge in [-0.3, -0.25) is 19.2 Å². The third-order valence-electron chi connectivity index (χ3n) is 11.6. The van der Waals surface area contributed by atoms with Crippen molar-refractivity contribution in [3.8, 4) is 23.0 Å². The van der Waals surface area contributed by atoms with Crippen molar-refractivity contribution in [2.45, 2.75) is 94.8 Å². The van der Waals surface area contributed by atoms with Crippen LogP contribution in [0.2, 0.25) is 0 Å². The van der Waals surface area contributed by atoms with Crippen LogP contribution in [0.5, 0.6) is 23.0 Å². The van der Waals surface area contributed by atoms with Crippen molar-refractivity contribution in [1.29, 1.82) is 0 Å². The highest BCUT2D eigenvalue weighted by molar-refractivity contribution is 6.31. The molecule has 0 bridgehead atoms. The second-order valence-corrected chi connectivity index (χ2v) is 16.8. The molecule has 9 N–H and O–H groups in total. The minimum Gasteiger partial charge on any atom is -0.507 e. The monoisotopic (exact) mass is 937 g/mol. The number of aromatic hydroxyl groups is 2. The largest absolute Gasteiger partial charge is 0.507 e. The topological polar surface area (TPSA) is 318 Å². The van der Waals surface area contributed by atoms with Gasteiger partial charge >= 0.3 is 12.1 Å². The summed E-state index contributed by atoms with van der Waals surface area (Å²) in [4.78, 5) is 79.9. The lowest BCUT2D eigenvalue weighted by molar-refractivity contribution is -0.247.